The fourth-order valence-electron chi connectivity index (χ4n) is 1.75. The number of carboxylic acid groups (broad SMARTS) is 1. The first-order chi connectivity index (χ1) is 8.54. The Morgan fingerprint density at radius 3 is 2.83 bits per heavy atom. The van der Waals surface area contributed by atoms with Crippen LogP contribution in [0.2, 0.25) is 0 Å². The van der Waals surface area contributed by atoms with Crippen LogP contribution in [0.1, 0.15) is 16.1 Å². The number of aromatic amines is 1. The average Bonchev–Trinajstić information content (AvgIpc) is 2.71. The van der Waals surface area contributed by atoms with Gasteiger partial charge in [-0.25, -0.2) is 9.18 Å². The molecule has 0 aliphatic carbocycles. The van der Waals surface area contributed by atoms with Crippen LogP contribution in [0.15, 0.2) is 18.2 Å². The molecule has 0 saturated heterocycles. The number of H-pyrrole nitrogens is 1. The Bertz CT molecular complexity index is 607. The molecule has 6 heteroatoms. The van der Waals surface area contributed by atoms with E-state index >= 15 is 0 Å². The number of hydrogen-bond acceptors (Lipinski definition) is 3. The summed E-state index contributed by atoms with van der Waals surface area (Å²) in [5.74, 6) is -1.24. The largest absolute Gasteiger partial charge is 0.496 e. The van der Waals surface area contributed by atoms with Gasteiger partial charge in [0.2, 0.25) is 0 Å². The Labute approximate surface area is 102 Å². The van der Waals surface area contributed by atoms with E-state index in [1.807, 2.05) is 0 Å². The molecule has 1 aromatic heterocycles. The topological polar surface area (TPSA) is 75.2 Å². The maximum Gasteiger partial charge on any atom is 0.339 e. The summed E-state index contributed by atoms with van der Waals surface area (Å²) in [5, 5.41) is 15.6. The van der Waals surface area contributed by atoms with E-state index in [2.05, 4.69) is 10.2 Å². The summed E-state index contributed by atoms with van der Waals surface area (Å²) in [5.41, 5.74) is 0.887. The van der Waals surface area contributed by atoms with Crippen LogP contribution in [-0.4, -0.2) is 28.4 Å². The monoisotopic (exact) mass is 250 g/mol. The van der Waals surface area contributed by atoms with Gasteiger partial charge in [-0.1, -0.05) is 0 Å². The Hall–Kier alpha value is -2.37. The average molecular weight is 250 g/mol. The van der Waals surface area contributed by atoms with Crippen molar-refractivity contribution < 1.29 is 19.0 Å². The van der Waals surface area contributed by atoms with Crippen molar-refractivity contribution in [2.75, 3.05) is 7.11 Å². The first-order valence-corrected chi connectivity index (χ1v) is 5.16. The maximum atomic E-state index is 13.3. The number of carboxylic acids is 1. The second kappa shape index (κ2) is 4.48. The first kappa shape index (κ1) is 12.1. The number of aromatic nitrogens is 2. The zero-order valence-electron chi connectivity index (χ0n) is 9.82. The number of aromatic carboxylic acids is 1. The van der Waals surface area contributed by atoms with Crippen LogP contribution in [0, 0.1) is 12.7 Å². The molecule has 1 aromatic carbocycles. The molecule has 0 aliphatic heterocycles. The lowest BCUT2D eigenvalue weighted by atomic mass is 10.1. The van der Waals surface area contributed by atoms with Gasteiger partial charge in [-0.2, -0.15) is 5.10 Å². The van der Waals surface area contributed by atoms with Gasteiger partial charge in [0.1, 0.15) is 22.8 Å². The van der Waals surface area contributed by atoms with Gasteiger partial charge in [-0.15, -0.1) is 0 Å². The smallest absolute Gasteiger partial charge is 0.339 e. The number of nitrogens with one attached hydrogen (secondary N) is 1. The van der Waals surface area contributed by atoms with Crippen LogP contribution in [-0.2, 0) is 0 Å². The van der Waals surface area contributed by atoms with Crippen molar-refractivity contribution in [3.05, 3.63) is 35.3 Å². The molecule has 0 saturated carbocycles. The van der Waals surface area contributed by atoms with Crippen molar-refractivity contribution in [1.82, 2.24) is 10.2 Å². The van der Waals surface area contributed by atoms with E-state index in [-0.39, 0.29) is 11.3 Å². The summed E-state index contributed by atoms with van der Waals surface area (Å²) >= 11 is 0. The molecule has 0 fully saturated rings. The highest BCUT2D eigenvalue weighted by Gasteiger charge is 2.21. The first-order valence-electron chi connectivity index (χ1n) is 5.16. The van der Waals surface area contributed by atoms with Crippen LogP contribution in [0.4, 0.5) is 4.39 Å². The van der Waals surface area contributed by atoms with E-state index in [4.69, 9.17) is 9.84 Å². The molecule has 2 aromatic rings. The van der Waals surface area contributed by atoms with E-state index in [1.54, 1.807) is 6.92 Å². The highest BCUT2D eigenvalue weighted by Crippen LogP contribution is 2.32. The number of nitrogens with zero attached hydrogens (tertiary/aromatic N) is 1. The zero-order valence-corrected chi connectivity index (χ0v) is 9.82. The number of aryl methyl sites for hydroxylation is 1. The molecule has 0 aliphatic rings. The molecule has 94 valence electrons. The van der Waals surface area contributed by atoms with Crippen molar-refractivity contribution in [2.24, 2.45) is 0 Å². The summed E-state index contributed by atoms with van der Waals surface area (Å²) in [6.07, 6.45) is 0. The number of hydrogen-bond donors (Lipinski definition) is 2. The van der Waals surface area contributed by atoms with Crippen molar-refractivity contribution >= 4 is 5.97 Å². The van der Waals surface area contributed by atoms with Crippen molar-refractivity contribution in [2.45, 2.75) is 6.92 Å². The summed E-state index contributed by atoms with van der Waals surface area (Å²) < 4.78 is 18.4. The molecule has 0 bridgehead atoms. The van der Waals surface area contributed by atoms with E-state index < -0.39 is 11.8 Å². The van der Waals surface area contributed by atoms with Crippen molar-refractivity contribution in [3.63, 3.8) is 0 Å². The van der Waals surface area contributed by atoms with Gasteiger partial charge in [0.15, 0.2) is 0 Å². The summed E-state index contributed by atoms with van der Waals surface area (Å²) in [7, 11) is 1.43. The number of halogens is 1. The maximum absolute atomic E-state index is 13.3. The fraction of sp³-hybridized carbons (Fsp3) is 0.167. The number of rotatable bonds is 3. The van der Waals surface area contributed by atoms with Crippen molar-refractivity contribution in [3.8, 4) is 17.0 Å². The molecule has 1 heterocycles. The molecule has 0 unspecified atom stereocenters. The molecule has 18 heavy (non-hydrogen) atoms. The molecule has 0 atom stereocenters. The van der Waals surface area contributed by atoms with E-state index in [0.29, 0.717) is 17.0 Å². The third kappa shape index (κ3) is 1.92. The Balaban J connectivity index is 2.69. The minimum absolute atomic E-state index is 0.0129. The predicted molar refractivity (Wildman–Crippen MR) is 62.2 cm³/mol. The van der Waals surface area contributed by atoms with Crippen LogP contribution in [0.3, 0.4) is 0 Å². The van der Waals surface area contributed by atoms with Gasteiger partial charge in [0, 0.05) is 11.3 Å². The molecular formula is C12H11FN2O3. The lowest BCUT2D eigenvalue weighted by Gasteiger charge is -2.07. The van der Waals surface area contributed by atoms with Gasteiger partial charge >= 0.3 is 5.97 Å². The van der Waals surface area contributed by atoms with Crippen molar-refractivity contribution in [1.29, 1.82) is 0 Å². The molecule has 2 N–H and O–H groups in total. The fourth-order valence-corrected chi connectivity index (χ4v) is 1.75. The second-order valence-electron chi connectivity index (χ2n) is 3.72. The minimum atomic E-state index is -1.12. The normalized spacial score (nSPS) is 10.4. The highest BCUT2D eigenvalue weighted by molar-refractivity contribution is 5.96. The lowest BCUT2D eigenvalue weighted by Crippen LogP contribution is -2.00. The molecule has 5 nitrogen and oxygen atoms in total. The lowest BCUT2D eigenvalue weighted by molar-refractivity contribution is 0.0697. The third-order valence-electron chi connectivity index (χ3n) is 2.58. The Morgan fingerprint density at radius 1 is 1.50 bits per heavy atom. The molecular weight excluding hydrogens is 239 g/mol. The minimum Gasteiger partial charge on any atom is -0.496 e. The van der Waals surface area contributed by atoms with E-state index in [1.165, 1.54) is 25.3 Å². The standard InChI is InChI=1S/C12H11FN2O3/c1-6-10(12(16)17)11(15-14-6)8-5-7(13)3-4-9(8)18-2/h3-5H,1-2H3,(H,14,15)(H,16,17). The van der Waals surface area contributed by atoms with Crippen LogP contribution >= 0.6 is 0 Å². The summed E-state index contributed by atoms with van der Waals surface area (Å²) in [4.78, 5) is 11.2. The van der Waals surface area contributed by atoms with Crippen LogP contribution in [0.25, 0.3) is 11.3 Å². The van der Waals surface area contributed by atoms with Gasteiger partial charge in [-0.3, -0.25) is 5.10 Å². The molecule has 0 radical (unpaired) electrons. The number of benzene rings is 1. The molecule has 0 amide bonds. The highest BCUT2D eigenvalue weighted by atomic mass is 19.1. The van der Waals surface area contributed by atoms with Crippen LogP contribution in [0.5, 0.6) is 5.75 Å². The third-order valence-corrected chi connectivity index (χ3v) is 2.58. The quantitative estimate of drug-likeness (QED) is 0.875. The predicted octanol–water partition coefficient (Wildman–Crippen LogP) is 2.23. The summed E-state index contributed by atoms with van der Waals surface area (Å²) in [6, 6.07) is 3.86. The van der Waals surface area contributed by atoms with E-state index in [9.17, 15) is 9.18 Å². The number of carbonyl (C=O) groups is 1. The number of methoxy groups -OCH3 is 1. The Kier molecular flexibility index (Phi) is 3.01. The Morgan fingerprint density at radius 2 is 2.22 bits per heavy atom. The van der Waals surface area contributed by atoms with E-state index in [0.717, 1.165) is 0 Å². The summed E-state index contributed by atoms with van der Waals surface area (Å²) in [6.45, 7) is 1.59. The molecule has 0 spiro atoms. The zero-order chi connectivity index (χ0) is 13.3. The SMILES string of the molecule is COc1ccc(F)cc1-c1n[nH]c(C)c1C(=O)O. The number of ether oxygens (including phenoxy) is 1. The second-order valence-corrected chi connectivity index (χ2v) is 3.72. The van der Waals surface area contributed by atoms with Gasteiger partial charge in [0.25, 0.3) is 0 Å². The molecule has 2 rings (SSSR count). The van der Waals surface area contributed by atoms with Crippen LogP contribution < -0.4 is 4.74 Å². The van der Waals surface area contributed by atoms with Gasteiger partial charge in [-0.05, 0) is 25.1 Å². The van der Waals surface area contributed by atoms with Gasteiger partial charge in [0.05, 0.1) is 7.11 Å². The van der Waals surface area contributed by atoms with Gasteiger partial charge < -0.3 is 9.84 Å².